The molecule has 0 bridgehead atoms. The lowest BCUT2D eigenvalue weighted by molar-refractivity contribution is -0.387. The molecule has 3 aromatic rings. The van der Waals surface area contributed by atoms with Gasteiger partial charge in [0.1, 0.15) is 0 Å². The molecule has 1 amide bonds. The number of benzene rings is 2. The number of thiazole rings is 1. The van der Waals surface area contributed by atoms with Crippen LogP contribution in [0, 0.1) is 17.0 Å². The molecule has 4 rings (SSSR count). The number of hydrogen-bond acceptors (Lipinski definition) is 8. The van der Waals surface area contributed by atoms with Crippen LogP contribution in [-0.2, 0) is 0 Å². The van der Waals surface area contributed by atoms with Crippen LogP contribution >= 0.6 is 23.1 Å². The first-order chi connectivity index (χ1) is 16.4. The van der Waals surface area contributed by atoms with Gasteiger partial charge in [-0.2, -0.15) is 0 Å². The zero-order chi connectivity index (χ0) is 24.1. The molecule has 1 N–H and O–H groups in total. The number of piperazine rings is 1. The number of nitro groups is 1. The van der Waals surface area contributed by atoms with Crippen molar-refractivity contribution >= 4 is 34.7 Å². The third kappa shape index (κ3) is 6.20. The Morgan fingerprint density at radius 1 is 1.21 bits per heavy atom. The molecule has 1 aliphatic heterocycles. The molecule has 1 unspecified atom stereocenters. The van der Waals surface area contributed by atoms with E-state index in [1.54, 1.807) is 12.1 Å². The lowest BCUT2D eigenvalue weighted by atomic mass is 10.0. The van der Waals surface area contributed by atoms with Gasteiger partial charge in [-0.05, 0) is 31.7 Å². The zero-order valence-corrected chi connectivity index (χ0v) is 20.8. The number of nitrogens with zero attached hydrogens (tertiary/aromatic N) is 4. The molecule has 1 aliphatic rings. The van der Waals surface area contributed by atoms with Crippen LogP contribution in [0.3, 0.4) is 0 Å². The minimum atomic E-state index is -0.446. The summed E-state index contributed by atoms with van der Waals surface area (Å²) >= 11 is 2.68. The van der Waals surface area contributed by atoms with E-state index in [4.69, 9.17) is 0 Å². The van der Waals surface area contributed by atoms with E-state index < -0.39 is 4.92 Å². The lowest BCUT2D eigenvalue weighted by Crippen LogP contribution is -2.47. The molecule has 0 saturated carbocycles. The molecule has 1 aromatic heterocycles. The van der Waals surface area contributed by atoms with E-state index in [-0.39, 0.29) is 23.2 Å². The van der Waals surface area contributed by atoms with Gasteiger partial charge in [0.25, 0.3) is 11.6 Å². The molecule has 0 spiro atoms. The number of carbonyl (C=O) groups excluding carboxylic acids is 1. The highest BCUT2D eigenvalue weighted by molar-refractivity contribution is 8.01. The van der Waals surface area contributed by atoms with E-state index in [1.807, 2.05) is 42.6 Å². The Morgan fingerprint density at radius 3 is 2.59 bits per heavy atom. The number of amides is 1. The second kappa shape index (κ2) is 11.1. The van der Waals surface area contributed by atoms with Gasteiger partial charge in [0.2, 0.25) is 0 Å². The normalized spacial score (nSPS) is 15.7. The third-order valence-electron chi connectivity index (χ3n) is 5.76. The van der Waals surface area contributed by atoms with Crippen LogP contribution in [0.15, 0.2) is 63.1 Å². The fourth-order valence-electron chi connectivity index (χ4n) is 3.81. The Kier molecular flexibility index (Phi) is 7.94. The summed E-state index contributed by atoms with van der Waals surface area (Å²) < 4.78 is 0.731. The fourth-order valence-corrected chi connectivity index (χ4v) is 5.69. The zero-order valence-electron chi connectivity index (χ0n) is 19.1. The van der Waals surface area contributed by atoms with Crippen molar-refractivity contribution in [1.82, 2.24) is 20.1 Å². The SMILES string of the molecule is Cc1csc(Sc2ccc(C(=O)NC(CN3CCN(C)CC3)c3ccccc3)cc2[N+](=O)[O-])n1. The average molecular weight is 498 g/mol. The van der Waals surface area contributed by atoms with Gasteiger partial charge in [0, 0.05) is 55.4 Å². The van der Waals surface area contributed by atoms with Crippen molar-refractivity contribution in [3.8, 4) is 0 Å². The number of aryl methyl sites for hydroxylation is 1. The molecule has 0 radical (unpaired) electrons. The minimum Gasteiger partial charge on any atom is -0.344 e. The Balaban J connectivity index is 1.53. The highest BCUT2D eigenvalue weighted by Gasteiger charge is 2.24. The quantitative estimate of drug-likeness (QED) is 0.368. The number of rotatable bonds is 8. The van der Waals surface area contributed by atoms with E-state index in [0.717, 1.165) is 41.8 Å². The largest absolute Gasteiger partial charge is 0.344 e. The third-order valence-corrected chi connectivity index (χ3v) is 7.88. The highest BCUT2D eigenvalue weighted by atomic mass is 32.2. The summed E-state index contributed by atoms with van der Waals surface area (Å²) in [5, 5.41) is 16.8. The van der Waals surface area contributed by atoms with Gasteiger partial charge in [-0.1, -0.05) is 42.1 Å². The van der Waals surface area contributed by atoms with Crippen molar-refractivity contribution in [2.24, 2.45) is 0 Å². The summed E-state index contributed by atoms with van der Waals surface area (Å²) in [6.45, 7) is 6.40. The van der Waals surface area contributed by atoms with Crippen LogP contribution < -0.4 is 5.32 Å². The number of nitro benzene ring substituents is 1. The van der Waals surface area contributed by atoms with Crippen molar-refractivity contribution < 1.29 is 9.72 Å². The summed E-state index contributed by atoms with van der Waals surface area (Å²) in [7, 11) is 2.11. The van der Waals surface area contributed by atoms with Gasteiger partial charge in [-0.25, -0.2) is 4.98 Å². The predicted molar refractivity (Wildman–Crippen MR) is 135 cm³/mol. The smallest absolute Gasteiger partial charge is 0.284 e. The molecule has 10 heteroatoms. The number of carbonyl (C=O) groups is 1. The molecule has 1 saturated heterocycles. The first-order valence-electron chi connectivity index (χ1n) is 11.0. The van der Waals surface area contributed by atoms with E-state index in [2.05, 4.69) is 27.1 Å². The predicted octanol–water partition coefficient (Wildman–Crippen LogP) is 4.23. The first-order valence-corrected chi connectivity index (χ1v) is 12.7. The number of aromatic nitrogens is 1. The van der Waals surface area contributed by atoms with Gasteiger partial charge in [0.05, 0.1) is 15.9 Å². The molecule has 1 atom stereocenters. The van der Waals surface area contributed by atoms with E-state index in [1.165, 1.54) is 29.2 Å². The molecule has 34 heavy (non-hydrogen) atoms. The van der Waals surface area contributed by atoms with Gasteiger partial charge < -0.3 is 10.2 Å². The highest BCUT2D eigenvalue weighted by Crippen LogP contribution is 2.36. The lowest BCUT2D eigenvalue weighted by Gasteiger charge is -2.35. The maximum Gasteiger partial charge on any atom is 0.284 e. The van der Waals surface area contributed by atoms with Crippen LogP contribution in [0.1, 0.15) is 27.7 Å². The maximum absolute atomic E-state index is 13.2. The molecular formula is C24H27N5O3S2. The summed E-state index contributed by atoms with van der Waals surface area (Å²) in [5.74, 6) is -0.326. The average Bonchev–Trinajstić information content (AvgIpc) is 3.25. The van der Waals surface area contributed by atoms with Gasteiger partial charge in [-0.15, -0.1) is 11.3 Å². The Morgan fingerprint density at radius 2 is 1.94 bits per heavy atom. The van der Waals surface area contributed by atoms with Crippen molar-refractivity contribution in [2.45, 2.75) is 22.2 Å². The van der Waals surface area contributed by atoms with Gasteiger partial charge in [-0.3, -0.25) is 19.8 Å². The number of likely N-dealkylation sites (N-methyl/N-ethyl adjacent to an activating group) is 1. The summed E-state index contributed by atoms with van der Waals surface area (Å²) in [4.78, 5) is 34.0. The van der Waals surface area contributed by atoms with Crippen LogP contribution in [-0.4, -0.2) is 65.4 Å². The summed E-state index contributed by atoms with van der Waals surface area (Å²) in [6, 6.07) is 14.3. The molecular weight excluding hydrogens is 470 g/mol. The Hall–Kier alpha value is -2.79. The van der Waals surface area contributed by atoms with E-state index in [0.29, 0.717) is 11.4 Å². The standard InChI is InChI=1S/C24H27N5O3S2/c1-17-16-33-24(25-17)34-22-9-8-19(14-21(22)29(31)32)23(30)26-20(18-6-4-3-5-7-18)15-28-12-10-27(2)11-13-28/h3-9,14,16,20H,10-13,15H2,1-2H3,(H,26,30). The first kappa shape index (κ1) is 24.3. The van der Waals surface area contributed by atoms with Crippen LogP contribution in [0.2, 0.25) is 0 Å². The molecule has 2 aromatic carbocycles. The number of nitrogens with one attached hydrogen (secondary N) is 1. The molecule has 0 aliphatic carbocycles. The Labute approximate surface area is 207 Å². The fraction of sp³-hybridized carbons (Fsp3) is 0.333. The Bertz CT molecular complexity index is 1150. The van der Waals surface area contributed by atoms with Crippen LogP contribution in [0.4, 0.5) is 5.69 Å². The monoisotopic (exact) mass is 497 g/mol. The summed E-state index contributed by atoms with van der Waals surface area (Å²) in [5.41, 5.74) is 2.06. The van der Waals surface area contributed by atoms with E-state index in [9.17, 15) is 14.9 Å². The van der Waals surface area contributed by atoms with Crippen LogP contribution in [0.25, 0.3) is 0 Å². The maximum atomic E-state index is 13.2. The minimum absolute atomic E-state index is 0.0965. The molecule has 178 valence electrons. The van der Waals surface area contributed by atoms with Crippen molar-refractivity contribution in [3.05, 3.63) is 80.8 Å². The van der Waals surface area contributed by atoms with E-state index >= 15 is 0 Å². The van der Waals surface area contributed by atoms with Crippen LogP contribution in [0.5, 0.6) is 0 Å². The molecule has 8 nitrogen and oxygen atoms in total. The summed E-state index contributed by atoms with van der Waals surface area (Å²) in [6.07, 6.45) is 0. The van der Waals surface area contributed by atoms with Gasteiger partial charge >= 0.3 is 0 Å². The van der Waals surface area contributed by atoms with Gasteiger partial charge in [0.15, 0.2) is 4.34 Å². The van der Waals surface area contributed by atoms with Crippen molar-refractivity contribution in [3.63, 3.8) is 0 Å². The van der Waals surface area contributed by atoms with Crippen molar-refractivity contribution in [1.29, 1.82) is 0 Å². The second-order valence-electron chi connectivity index (χ2n) is 8.34. The van der Waals surface area contributed by atoms with Crippen molar-refractivity contribution in [2.75, 3.05) is 39.8 Å². The topological polar surface area (TPSA) is 91.6 Å². The second-order valence-corrected chi connectivity index (χ2v) is 10.5. The molecule has 1 fully saturated rings. The number of hydrogen-bond donors (Lipinski definition) is 1. The molecule has 2 heterocycles.